The fourth-order valence-electron chi connectivity index (χ4n) is 3.40. The maximum Gasteiger partial charge on any atom is 0.330 e. The van der Waals surface area contributed by atoms with Crippen LogP contribution < -0.4 is 5.32 Å². The number of esters is 1. The molecule has 1 heterocycles. The molecule has 0 spiro atoms. The van der Waals surface area contributed by atoms with E-state index in [1.54, 1.807) is 55.5 Å². The molecule has 0 radical (unpaired) electrons. The van der Waals surface area contributed by atoms with Gasteiger partial charge in [0, 0.05) is 22.9 Å². The van der Waals surface area contributed by atoms with Crippen LogP contribution in [-0.4, -0.2) is 18.5 Å². The summed E-state index contributed by atoms with van der Waals surface area (Å²) < 4.78 is 25.3. The molecule has 5 nitrogen and oxygen atoms in total. The fourth-order valence-corrected chi connectivity index (χ4v) is 3.40. The Labute approximate surface area is 196 Å². The van der Waals surface area contributed by atoms with E-state index in [1.807, 2.05) is 30.3 Å². The SMILES string of the molecule is CCOC(=O)C=Cc1cccc(NC(=O)c2ccc(-c3ccc(-c4ccccc4)c(F)c3)o2)c1. The third-order valence-corrected chi connectivity index (χ3v) is 5.01. The number of carbonyl (C=O) groups excluding carboxylic acids is 2. The molecule has 34 heavy (non-hydrogen) atoms. The van der Waals surface area contributed by atoms with Gasteiger partial charge in [-0.15, -0.1) is 0 Å². The molecule has 0 saturated carbocycles. The van der Waals surface area contributed by atoms with Crippen molar-refractivity contribution in [1.82, 2.24) is 0 Å². The Kier molecular flexibility index (Phi) is 6.98. The first-order chi connectivity index (χ1) is 16.5. The summed E-state index contributed by atoms with van der Waals surface area (Å²) in [5, 5.41) is 2.76. The molecule has 0 unspecified atom stereocenters. The Hall–Kier alpha value is -4.45. The summed E-state index contributed by atoms with van der Waals surface area (Å²) in [5.74, 6) is -0.781. The van der Waals surface area contributed by atoms with Crippen LogP contribution in [0.15, 0.2) is 95.4 Å². The number of rotatable bonds is 7. The first-order valence-electron chi connectivity index (χ1n) is 10.7. The summed E-state index contributed by atoms with van der Waals surface area (Å²) in [4.78, 5) is 24.1. The zero-order valence-electron chi connectivity index (χ0n) is 18.5. The van der Waals surface area contributed by atoms with Crippen LogP contribution in [0.2, 0.25) is 0 Å². The molecule has 0 bridgehead atoms. The minimum absolute atomic E-state index is 0.0926. The molecule has 4 rings (SSSR count). The largest absolute Gasteiger partial charge is 0.463 e. The normalized spacial score (nSPS) is 10.9. The van der Waals surface area contributed by atoms with Gasteiger partial charge in [-0.2, -0.15) is 0 Å². The van der Waals surface area contributed by atoms with Crippen molar-refractivity contribution in [3.8, 4) is 22.5 Å². The van der Waals surface area contributed by atoms with Crippen LogP contribution in [0.1, 0.15) is 23.0 Å². The summed E-state index contributed by atoms with van der Waals surface area (Å²) >= 11 is 0. The number of carbonyl (C=O) groups is 2. The third kappa shape index (κ3) is 5.48. The van der Waals surface area contributed by atoms with Crippen molar-refractivity contribution in [2.24, 2.45) is 0 Å². The molecule has 3 aromatic carbocycles. The van der Waals surface area contributed by atoms with E-state index in [0.717, 1.165) is 11.1 Å². The Bertz CT molecular complexity index is 1340. The highest BCUT2D eigenvalue weighted by molar-refractivity contribution is 6.02. The van der Waals surface area contributed by atoms with Gasteiger partial charge in [-0.05, 0) is 54.5 Å². The summed E-state index contributed by atoms with van der Waals surface area (Å²) in [6.45, 7) is 2.03. The zero-order valence-corrected chi connectivity index (χ0v) is 18.5. The van der Waals surface area contributed by atoms with Crippen LogP contribution in [0.25, 0.3) is 28.5 Å². The highest BCUT2D eigenvalue weighted by Gasteiger charge is 2.14. The monoisotopic (exact) mass is 455 g/mol. The first-order valence-corrected chi connectivity index (χ1v) is 10.7. The zero-order chi connectivity index (χ0) is 23.9. The van der Waals surface area contributed by atoms with Gasteiger partial charge in [0.25, 0.3) is 5.91 Å². The summed E-state index contributed by atoms with van der Waals surface area (Å²) in [7, 11) is 0. The van der Waals surface area contributed by atoms with Gasteiger partial charge in [0.15, 0.2) is 5.76 Å². The molecular formula is C28H22FNO4. The van der Waals surface area contributed by atoms with Crippen molar-refractivity contribution >= 4 is 23.6 Å². The molecular weight excluding hydrogens is 433 g/mol. The summed E-state index contributed by atoms with van der Waals surface area (Å²) in [5.41, 5.74) is 3.06. The predicted molar refractivity (Wildman–Crippen MR) is 130 cm³/mol. The average molecular weight is 455 g/mol. The van der Waals surface area contributed by atoms with Crippen LogP contribution in [0.5, 0.6) is 0 Å². The van der Waals surface area contributed by atoms with Gasteiger partial charge in [-0.25, -0.2) is 9.18 Å². The van der Waals surface area contributed by atoms with Gasteiger partial charge in [-0.1, -0.05) is 54.6 Å². The van der Waals surface area contributed by atoms with Crippen LogP contribution in [0.4, 0.5) is 10.1 Å². The standard InChI is InChI=1S/C28H22FNO4/c1-2-33-27(31)16-11-19-7-6-10-22(17-19)30-28(32)26-15-14-25(34-26)21-12-13-23(24(29)18-21)20-8-4-3-5-9-20/h3-18H,2H2,1H3,(H,30,32). The number of amides is 1. The molecule has 0 fully saturated rings. The Balaban J connectivity index is 1.46. The fraction of sp³-hybridized carbons (Fsp3) is 0.0714. The van der Waals surface area contributed by atoms with Gasteiger partial charge in [0.1, 0.15) is 11.6 Å². The molecule has 1 amide bonds. The highest BCUT2D eigenvalue weighted by Crippen LogP contribution is 2.29. The molecule has 6 heteroatoms. The lowest BCUT2D eigenvalue weighted by Crippen LogP contribution is -2.10. The van der Waals surface area contributed by atoms with Gasteiger partial charge < -0.3 is 14.5 Å². The Morgan fingerprint density at radius 1 is 0.941 bits per heavy atom. The van der Waals surface area contributed by atoms with Crippen molar-refractivity contribution < 1.29 is 23.1 Å². The second kappa shape index (κ2) is 10.4. The van der Waals surface area contributed by atoms with Gasteiger partial charge in [-0.3, -0.25) is 4.79 Å². The Morgan fingerprint density at radius 3 is 2.53 bits per heavy atom. The van der Waals surface area contributed by atoms with Crippen molar-refractivity contribution in [2.45, 2.75) is 6.92 Å². The minimum Gasteiger partial charge on any atom is -0.463 e. The number of halogens is 1. The number of benzene rings is 3. The predicted octanol–water partition coefficient (Wildman–Crippen LogP) is 6.58. The second-order valence-electron chi connectivity index (χ2n) is 7.39. The van der Waals surface area contributed by atoms with Crippen molar-refractivity contribution in [2.75, 3.05) is 11.9 Å². The number of furan rings is 1. The van der Waals surface area contributed by atoms with Crippen molar-refractivity contribution in [3.63, 3.8) is 0 Å². The van der Waals surface area contributed by atoms with Gasteiger partial charge >= 0.3 is 5.97 Å². The van der Waals surface area contributed by atoms with E-state index in [4.69, 9.17) is 9.15 Å². The van der Waals surface area contributed by atoms with E-state index < -0.39 is 11.9 Å². The lowest BCUT2D eigenvalue weighted by molar-refractivity contribution is -0.137. The van der Waals surface area contributed by atoms with Crippen LogP contribution in [0.3, 0.4) is 0 Å². The summed E-state index contributed by atoms with van der Waals surface area (Å²) in [6, 6.07) is 24.3. The van der Waals surface area contributed by atoms with Crippen molar-refractivity contribution in [1.29, 1.82) is 0 Å². The molecule has 4 aromatic rings. The highest BCUT2D eigenvalue weighted by atomic mass is 19.1. The molecule has 0 aliphatic heterocycles. The third-order valence-electron chi connectivity index (χ3n) is 5.01. The maximum atomic E-state index is 14.7. The van der Waals surface area contributed by atoms with Gasteiger partial charge in [0.2, 0.25) is 0 Å². The second-order valence-corrected chi connectivity index (χ2v) is 7.39. The van der Waals surface area contributed by atoms with E-state index in [1.165, 1.54) is 18.2 Å². The molecule has 0 aliphatic rings. The number of hydrogen-bond acceptors (Lipinski definition) is 4. The van der Waals surface area contributed by atoms with E-state index >= 15 is 0 Å². The number of nitrogens with one attached hydrogen (secondary N) is 1. The molecule has 0 atom stereocenters. The van der Waals surface area contributed by atoms with E-state index in [9.17, 15) is 14.0 Å². The average Bonchev–Trinajstić information content (AvgIpc) is 3.34. The molecule has 1 aromatic heterocycles. The number of ether oxygens (including phenoxy) is 1. The maximum absolute atomic E-state index is 14.7. The van der Waals surface area contributed by atoms with Crippen molar-refractivity contribution in [3.05, 3.63) is 108 Å². The van der Waals surface area contributed by atoms with Gasteiger partial charge in [0.05, 0.1) is 6.61 Å². The quantitative estimate of drug-likeness (QED) is 0.252. The lowest BCUT2D eigenvalue weighted by Gasteiger charge is -2.06. The molecule has 1 N–H and O–H groups in total. The molecule has 0 saturated heterocycles. The molecule has 0 aliphatic carbocycles. The van der Waals surface area contributed by atoms with E-state index in [2.05, 4.69) is 5.32 Å². The van der Waals surface area contributed by atoms with Crippen LogP contribution in [0, 0.1) is 5.82 Å². The summed E-state index contributed by atoms with van der Waals surface area (Å²) in [6.07, 6.45) is 2.93. The first kappa shape index (κ1) is 22.7. The lowest BCUT2D eigenvalue weighted by atomic mass is 10.0. The minimum atomic E-state index is -0.445. The molecule has 170 valence electrons. The number of hydrogen-bond donors (Lipinski definition) is 1. The van der Waals surface area contributed by atoms with Crippen LogP contribution in [-0.2, 0) is 9.53 Å². The smallest absolute Gasteiger partial charge is 0.330 e. The topological polar surface area (TPSA) is 68.5 Å². The van der Waals surface area contributed by atoms with E-state index in [0.29, 0.717) is 29.2 Å². The van der Waals surface area contributed by atoms with Crippen LogP contribution >= 0.6 is 0 Å². The Morgan fingerprint density at radius 2 is 1.76 bits per heavy atom. The van der Waals surface area contributed by atoms with E-state index in [-0.39, 0.29) is 11.6 Å². The number of anilines is 1.